The average molecular weight is 244 g/mol. The highest BCUT2D eigenvalue weighted by Gasteiger charge is 2.44. The van der Waals surface area contributed by atoms with E-state index in [4.69, 9.17) is 0 Å². The standard InChI is InChI=1S/C13H24O2S/c1-5-10-6-8-13(9-7-10,11(14)15)16-12(2,3)4/h10H,5-9H2,1-4H3,(H,14,15). The van der Waals surface area contributed by atoms with Gasteiger partial charge in [0.25, 0.3) is 0 Å². The Balaban J connectivity index is 2.73. The number of aliphatic carboxylic acids is 1. The van der Waals surface area contributed by atoms with Gasteiger partial charge in [0.05, 0.1) is 0 Å². The van der Waals surface area contributed by atoms with E-state index in [2.05, 4.69) is 27.7 Å². The summed E-state index contributed by atoms with van der Waals surface area (Å²) in [6.07, 6.45) is 5.01. The molecule has 0 unspecified atom stereocenters. The molecule has 0 atom stereocenters. The largest absolute Gasteiger partial charge is 0.480 e. The number of rotatable bonds is 3. The SMILES string of the molecule is CCC1CCC(SC(C)(C)C)(C(=O)O)CC1. The highest BCUT2D eigenvalue weighted by molar-refractivity contribution is 8.02. The molecule has 2 nitrogen and oxygen atoms in total. The van der Waals surface area contributed by atoms with Gasteiger partial charge in [-0.05, 0) is 31.6 Å². The van der Waals surface area contributed by atoms with E-state index in [0.717, 1.165) is 31.6 Å². The highest BCUT2D eigenvalue weighted by atomic mass is 32.2. The zero-order valence-corrected chi connectivity index (χ0v) is 11.7. The van der Waals surface area contributed by atoms with Crippen molar-refractivity contribution < 1.29 is 9.90 Å². The summed E-state index contributed by atoms with van der Waals surface area (Å²) in [6, 6.07) is 0. The zero-order valence-electron chi connectivity index (χ0n) is 10.9. The molecule has 3 heteroatoms. The molecule has 1 saturated carbocycles. The Hall–Kier alpha value is -0.180. The van der Waals surface area contributed by atoms with Gasteiger partial charge in [0.2, 0.25) is 0 Å². The van der Waals surface area contributed by atoms with Crippen molar-refractivity contribution in [3.05, 3.63) is 0 Å². The Morgan fingerprint density at radius 2 is 1.88 bits per heavy atom. The summed E-state index contributed by atoms with van der Waals surface area (Å²) in [6.45, 7) is 8.52. The van der Waals surface area contributed by atoms with Crippen LogP contribution in [0.15, 0.2) is 0 Å². The number of carbonyl (C=O) groups is 1. The van der Waals surface area contributed by atoms with Crippen molar-refractivity contribution >= 4 is 17.7 Å². The second kappa shape index (κ2) is 4.99. The predicted octanol–water partition coefficient (Wildman–Crippen LogP) is 3.94. The minimum Gasteiger partial charge on any atom is -0.480 e. The zero-order chi connectivity index (χ0) is 12.4. The van der Waals surface area contributed by atoms with Gasteiger partial charge < -0.3 is 5.11 Å². The summed E-state index contributed by atoms with van der Waals surface area (Å²) in [5, 5.41) is 9.49. The second-order valence-corrected chi connectivity index (χ2v) is 8.08. The number of hydrogen-bond donors (Lipinski definition) is 1. The Labute approximate surface area is 103 Å². The Kier molecular flexibility index (Phi) is 4.33. The summed E-state index contributed by atoms with van der Waals surface area (Å²) in [5.41, 5.74) is 0. The van der Waals surface area contributed by atoms with Crippen LogP contribution >= 0.6 is 11.8 Å². The molecule has 0 saturated heterocycles. The van der Waals surface area contributed by atoms with Crippen LogP contribution in [-0.4, -0.2) is 20.6 Å². The molecule has 0 spiro atoms. The lowest BCUT2D eigenvalue weighted by Gasteiger charge is -2.40. The minimum atomic E-state index is -0.609. The van der Waals surface area contributed by atoms with E-state index in [1.807, 2.05) is 0 Å². The molecule has 16 heavy (non-hydrogen) atoms. The van der Waals surface area contributed by atoms with Crippen molar-refractivity contribution in [2.75, 3.05) is 0 Å². The molecule has 0 heterocycles. The summed E-state index contributed by atoms with van der Waals surface area (Å²) in [4.78, 5) is 11.5. The fraction of sp³-hybridized carbons (Fsp3) is 0.923. The third kappa shape index (κ3) is 3.41. The highest BCUT2D eigenvalue weighted by Crippen LogP contribution is 2.47. The summed E-state index contributed by atoms with van der Waals surface area (Å²) in [5.74, 6) is 0.134. The molecule has 0 aromatic carbocycles. The minimum absolute atomic E-state index is 0.0252. The maximum atomic E-state index is 11.5. The molecule has 0 radical (unpaired) electrons. The number of thioether (sulfide) groups is 1. The Bertz CT molecular complexity index is 247. The van der Waals surface area contributed by atoms with Crippen LogP contribution in [0.4, 0.5) is 0 Å². The molecule has 0 aromatic rings. The molecule has 94 valence electrons. The smallest absolute Gasteiger partial charge is 0.319 e. The molecule has 1 fully saturated rings. The van der Waals surface area contributed by atoms with Gasteiger partial charge in [-0.1, -0.05) is 34.1 Å². The van der Waals surface area contributed by atoms with Crippen LogP contribution < -0.4 is 0 Å². The fourth-order valence-corrected chi connectivity index (χ4v) is 4.20. The maximum Gasteiger partial charge on any atom is 0.319 e. The van der Waals surface area contributed by atoms with Gasteiger partial charge in [0, 0.05) is 4.75 Å². The van der Waals surface area contributed by atoms with Crippen LogP contribution in [-0.2, 0) is 4.79 Å². The van der Waals surface area contributed by atoms with Gasteiger partial charge in [-0.3, -0.25) is 4.79 Å². The number of hydrogen-bond acceptors (Lipinski definition) is 2. The van der Waals surface area contributed by atoms with Gasteiger partial charge in [0.15, 0.2) is 0 Å². The van der Waals surface area contributed by atoms with E-state index >= 15 is 0 Å². The average Bonchev–Trinajstić information content (AvgIpc) is 2.16. The number of carboxylic acid groups (broad SMARTS) is 1. The van der Waals surface area contributed by atoms with Crippen LogP contribution in [0.3, 0.4) is 0 Å². The summed E-state index contributed by atoms with van der Waals surface area (Å²) < 4.78 is -0.499. The van der Waals surface area contributed by atoms with Gasteiger partial charge in [-0.15, -0.1) is 11.8 Å². The van der Waals surface area contributed by atoms with Crippen molar-refractivity contribution in [3.8, 4) is 0 Å². The summed E-state index contributed by atoms with van der Waals surface area (Å²) in [7, 11) is 0. The molecular formula is C13H24O2S. The first-order valence-electron chi connectivity index (χ1n) is 6.22. The van der Waals surface area contributed by atoms with E-state index in [-0.39, 0.29) is 4.75 Å². The second-order valence-electron chi connectivity index (χ2n) is 5.87. The van der Waals surface area contributed by atoms with Crippen molar-refractivity contribution in [1.29, 1.82) is 0 Å². The maximum absolute atomic E-state index is 11.5. The van der Waals surface area contributed by atoms with E-state index in [1.165, 1.54) is 6.42 Å². The van der Waals surface area contributed by atoms with E-state index in [1.54, 1.807) is 11.8 Å². The van der Waals surface area contributed by atoms with Gasteiger partial charge in [0.1, 0.15) is 4.75 Å². The van der Waals surface area contributed by atoms with Crippen molar-refractivity contribution in [1.82, 2.24) is 0 Å². The van der Waals surface area contributed by atoms with Gasteiger partial charge >= 0.3 is 5.97 Å². The van der Waals surface area contributed by atoms with Crippen LogP contribution in [0, 0.1) is 5.92 Å². The quantitative estimate of drug-likeness (QED) is 0.817. The first-order valence-corrected chi connectivity index (χ1v) is 7.04. The third-order valence-corrected chi connectivity index (χ3v) is 4.97. The third-order valence-electron chi connectivity index (χ3n) is 3.38. The van der Waals surface area contributed by atoms with E-state index in [9.17, 15) is 9.90 Å². The molecule has 1 rings (SSSR count). The molecule has 0 aromatic heterocycles. The van der Waals surface area contributed by atoms with Crippen molar-refractivity contribution in [2.45, 2.75) is 69.3 Å². The predicted molar refractivity (Wildman–Crippen MR) is 70.0 cm³/mol. The summed E-state index contributed by atoms with van der Waals surface area (Å²) >= 11 is 1.65. The number of carboxylic acids is 1. The van der Waals surface area contributed by atoms with Crippen LogP contribution in [0.1, 0.15) is 59.8 Å². The molecule has 0 aliphatic heterocycles. The topological polar surface area (TPSA) is 37.3 Å². The van der Waals surface area contributed by atoms with Crippen LogP contribution in [0.25, 0.3) is 0 Å². The monoisotopic (exact) mass is 244 g/mol. The molecule has 0 bridgehead atoms. The Morgan fingerprint density at radius 1 is 1.38 bits per heavy atom. The molecule has 1 aliphatic carbocycles. The first kappa shape index (κ1) is 13.9. The van der Waals surface area contributed by atoms with Crippen LogP contribution in [0.5, 0.6) is 0 Å². The lowest BCUT2D eigenvalue weighted by atomic mass is 9.80. The molecule has 1 aliphatic rings. The van der Waals surface area contributed by atoms with Crippen LogP contribution in [0.2, 0.25) is 0 Å². The Morgan fingerprint density at radius 3 is 2.19 bits per heavy atom. The molecular weight excluding hydrogens is 220 g/mol. The van der Waals surface area contributed by atoms with Crippen molar-refractivity contribution in [2.24, 2.45) is 5.92 Å². The first-order chi connectivity index (χ1) is 7.29. The molecule has 1 N–H and O–H groups in total. The molecule has 0 amide bonds. The lowest BCUT2D eigenvalue weighted by molar-refractivity contribution is -0.141. The van der Waals surface area contributed by atoms with Crippen molar-refractivity contribution in [3.63, 3.8) is 0 Å². The van der Waals surface area contributed by atoms with Gasteiger partial charge in [-0.25, -0.2) is 0 Å². The van der Waals surface area contributed by atoms with E-state index < -0.39 is 10.7 Å². The lowest BCUT2D eigenvalue weighted by Crippen LogP contribution is -2.42. The normalized spacial score (nSPS) is 31.4. The fourth-order valence-electron chi connectivity index (χ4n) is 2.50. The van der Waals surface area contributed by atoms with Gasteiger partial charge in [-0.2, -0.15) is 0 Å². The van der Waals surface area contributed by atoms with E-state index in [0.29, 0.717) is 0 Å².